The second-order valence-corrected chi connectivity index (χ2v) is 1.57. The average Bonchev–Trinajstić information content (AvgIpc) is 1.27. The van der Waals surface area contributed by atoms with Crippen LogP contribution >= 0.6 is 0 Å². The summed E-state index contributed by atoms with van der Waals surface area (Å²) in [7, 11) is -2.45. The summed E-state index contributed by atoms with van der Waals surface area (Å²) in [5.74, 6) is -0.576. The molecule has 0 aromatic heterocycles. The predicted molar refractivity (Wildman–Crippen MR) is 22.6 cm³/mol. The summed E-state index contributed by atoms with van der Waals surface area (Å²) in [5.41, 5.74) is 0. The Morgan fingerprint density at radius 2 is 1.88 bits per heavy atom. The molecule has 0 aliphatic heterocycles. The van der Waals surface area contributed by atoms with Crippen LogP contribution in [0.3, 0.4) is 0 Å². The molecule has 51 valence electrons. The van der Waals surface area contributed by atoms with Gasteiger partial charge in [-0.05, 0) is 0 Å². The molecule has 8 heavy (non-hydrogen) atoms. The summed E-state index contributed by atoms with van der Waals surface area (Å²) < 4.78 is 20.5. The standard InChI is InChI=1S/C2H4NO3S.Rh/c1-2(4)3-7(5)6;/h1H3,(H,3,4,5,6);/q-1;. The summed E-state index contributed by atoms with van der Waals surface area (Å²) in [5, 5.41) is 0. The molecule has 0 bridgehead atoms. The average molecular weight is 225 g/mol. The van der Waals surface area contributed by atoms with Crippen molar-refractivity contribution in [1.29, 1.82) is 0 Å². The SMILES string of the molecule is CC(=O)N[S-](=O)=O.[Rh]. The van der Waals surface area contributed by atoms with E-state index in [9.17, 15) is 13.2 Å². The molecule has 1 N–H and O–H groups in total. The van der Waals surface area contributed by atoms with Gasteiger partial charge in [0.1, 0.15) is 0 Å². The van der Waals surface area contributed by atoms with Gasteiger partial charge in [0.2, 0.25) is 5.91 Å². The molecule has 0 aromatic rings. The first-order valence-corrected chi connectivity index (χ1v) is 2.57. The zero-order valence-electron chi connectivity index (χ0n) is 3.97. The Bertz CT molecular complexity index is 134. The van der Waals surface area contributed by atoms with Crippen molar-refractivity contribution >= 4 is 16.8 Å². The Labute approximate surface area is 61.5 Å². The van der Waals surface area contributed by atoms with Crippen LogP contribution in [0.15, 0.2) is 0 Å². The molecule has 4 nitrogen and oxygen atoms in total. The monoisotopic (exact) mass is 225 g/mol. The Kier molecular flexibility index (Phi) is 7.08. The smallest absolute Gasteiger partial charge is 0.202 e. The number of rotatable bonds is 1. The van der Waals surface area contributed by atoms with E-state index < -0.39 is 16.8 Å². The van der Waals surface area contributed by atoms with Crippen LogP contribution in [0.1, 0.15) is 6.92 Å². The van der Waals surface area contributed by atoms with Gasteiger partial charge in [0.25, 0.3) is 0 Å². The third-order valence-corrected chi connectivity index (χ3v) is 0.681. The van der Waals surface area contributed by atoms with Crippen molar-refractivity contribution in [3.63, 3.8) is 0 Å². The van der Waals surface area contributed by atoms with Crippen LogP contribution in [0.2, 0.25) is 0 Å². The van der Waals surface area contributed by atoms with Gasteiger partial charge in [-0.2, -0.15) is 0 Å². The van der Waals surface area contributed by atoms with E-state index in [0.717, 1.165) is 6.92 Å². The van der Waals surface area contributed by atoms with Crippen molar-refractivity contribution in [1.82, 2.24) is 4.72 Å². The van der Waals surface area contributed by atoms with Crippen LogP contribution in [0.4, 0.5) is 0 Å². The van der Waals surface area contributed by atoms with Crippen molar-refractivity contribution in [2.24, 2.45) is 0 Å². The van der Waals surface area contributed by atoms with Gasteiger partial charge in [0, 0.05) is 37.3 Å². The number of carbonyl (C=O) groups excluding carboxylic acids is 1. The topological polar surface area (TPSA) is 63.2 Å². The van der Waals surface area contributed by atoms with Crippen molar-refractivity contribution in [3.8, 4) is 0 Å². The van der Waals surface area contributed by atoms with Crippen LogP contribution < -0.4 is 4.72 Å². The largest absolute Gasteiger partial charge is 0.403 e. The molecule has 0 atom stereocenters. The van der Waals surface area contributed by atoms with Gasteiger partial charge in [0.05, 0.1) is 0 Å². The molecule has 1 radical (unpaired) electrons. The maximum atomic E-state index is 9.75. The Morgan fingerprint density at radius 3 is 1.88 bits per heavy atom. The number of hydrogen-bond donors (Lipinski definition) is 1. The summed E-state index contributed by atoms with van der Waals surface area (Å²) >= 11 is 0. The van der Waals surface area contributed by atoms with E-state index in [1.807, 2.05) is 0 Å². The summed E-state index contributed by atoms with van der Waals surface area (Å²) in [6.07, 6.45) is 0. The Balaban J connectivity index is 0. The van der Waals surface area contributed by atoms with Gasteiger partial charge in [-0.3, -0.25) is 4.79 Å². The quantitative estimate of drug-likeness (QED) is 0.476. The van der Waals surface area contributed by atoms with Crippen molar-refractivity contribution in [3.05, 3.63) is 0 Å². The van der Waals surface area contributed by atoms with Gasteiger partial charge in [-0.15, -0.1) is 0 Å². The van der Waals surface area contributed by atoms with Gasteiger partial charge in [-0.1, -0.05) is 0 Å². The fourth-order valence-corrected chi connectivity index (χ4v) is 0.352. The molecule has 0 rings (SSSR count). The molecule has 0 heterocycles. The molecule has 0 spiro atoms. The molecule has 0 aliphatic carbocycles. The summed E-state index contributed by atoms with van der Waals surface area (Å²) in [6, 6.07) is 0. The first kappa shape index (κ1) is 10.9. The second kappa shape index (κ2) is 5.19. The van der Waals surface area contributed by atoms with Crippen LogP contribution in [0, 0.1) is 0 Å². The zero-order valence-corrected chi connectivity index (χ0v) is 6.42. The molecular formula is C2H4NO3RhS-. The van der Waals surface area contributed by atoms with Crippen LogP contribution in [0.25, 0.3) is 0 Å². The number of amides is 1. The third-order valence-electron chi connectivity index (χ3n) is 0.227. The van der Waals surface area contributed by atoms with Crippen LogP contribution in [-0.4, -0.2) is 5.91 Å². The molecule has 0 saturated carbocycles. The van der Waals surface area contributed by atoms with E-state index in [1.165, 1.54) is 0 Å². The third kappa shape index (κ3) is 9.40. The number of nitrogens with one attached hydrogen (secondary N) is 1. The minimum atomic E-state index is -2.45. The first-order chi connectivity index (χ1) is 3.13. The van der Waals surface area contributed by atoms with Gasteiger partial charge in [0.15, 0.2) is 0 Å². The Morgan fingerprint density at radius 1 is 1.50 bits per heavy atom. The molecule has 0 saturated heterocycles. The van der Waals surface area contributed by atoms with E-state index in [1.54, 1.807) is 4.72 Å². The normalized spacial score (nSPS) is 7.75. The maximum absolute atomic E-state index is 9.75. The van der Waals surface area contributed by atoms with Crippen molar-refractivity contribution < 1.29 is 32.7 Å². The fourth-order valence-electron chi connectivity index (χ4n) is 0.117. The minimum absolute atomic E-state index is 0. The van der Waals surface area contributed by atoms with E-state index in [4.69, 9.17) is 0 Å². The van der Waals surface area contributed by atoms with Gasteiger partial charge in [-0.25, -0.2) is 0 Å². The molecule has 0 unspecified atom stereocenters. The summed E-state index contributed by atoms with van der Waals surface area (Å²) in [4.78, 5) is 9.75. The van der Waals surface area contributed by atoms with E-state index in [2.05, 4.69) is 0 Å². The van der Waals surface area contributed by atoms with E-state index in [-0.39, 0.29) is 19.5 Å². The molecule has 0 fully saturated rings. The molecule has 0 aliphatic rings. The van der Waals surface area contributed by atoms with E-state index in [0.29, 0.717) is 0 Å². The molecule has 0 aromatic carbocycles. The van der Waals surface area contributed by atoms with Crippen molar-refractivity contribution in [2.75, 3.05) is 0 Å². The van der Waals surface area contributed by atoms with Crippen molar-refractivity contribution in [2.45, 2.75) is 6.92 Å². The number of carbonyl (C=O) groups is 1. The molecule has 6 heteroatoms. The fraction of sp³-hybridized carbons (Fsp3) is 0.500. The van der Waals surface area contributed by atoms with Crippen LogP contribution in [-0.2, 0) is 43.6 Å². The zero-order chi connectivity index (χ0) is 5.86. The predicted octanol–water partition coefficient (Wildman–Crippen LogP) is -0.656. The molecular weight excluding hydrogens is 221 g/mol. The van der Waals surface area contributed by atoms with Gasteiger partial charge >= 0.3 is 0 Å². The second-order valence-electron chi connectivity index (χ2n) is 0.893. The molecule has 1 amide bonds. The first-order valence-electron chi connectivity index (χ1n) is 1.49. The number of hydrogen-bond acceptors (Lipinski definition) is 4. The maximum Gasteiger partial charge on any atom is 0.202 e. The minimum Gasteiger partial charge on any atom is -0.403 e. The summed E-state index contributed by atoms with van der Waals surface area (Å²) in [6.45, 7) is 1.12. The Hall–Kier alpha value is 0.0434. The van der Waals surface area contributed by atoms with Crippen LogP contribution in [0.5, 0.6) is 0 Å². The van der Waals surface area contributed by atoms with Gasteiger partial charge < -0.3 is 13.1 Å². The van der Waals surface area contributed by atoms with E-state index >= 15 is 0 Å².